The third kappa shape index (κ3) is 4.32. The van der Waals surface area contributed by atoms with Crippen LogP contribution in [0.3, 0.4) is 0 Å². The molecule has 1 atom stereocenters. The maximum Gasteiger partial charge on any atom is 0.244 e. The molecule has 0 saturated carbocycles. The second-order valence-corrected chi connectivity index (χ2v) is 11.2. The number of halogens is 1. The highest BCUT2D eigenvalue weighted by Crippen LogP contribution is 2.32. The second kappa shape index (κ2) is 7.97. The SMILES string of the molecule is CS(=O)(=O)c1ccc(Br)c(S(=O)(=O)N2CCCC2C(=O)NCc2ccco2)c1. The van der Waals surface area contributed by atoms with Crippen molar-refractivity contribution < 1.29 is 26.0 Å². The number of nitrogens with one attached hydrogen (secondary N) is 1. The van der Waals surface area contributed by atoms with Gasteiger partial charge in [-0.25, -0.2) is 16.8 Å². The molecule has 1 amide bonds. The van der Waals surface area contributed by atoms with Crippen molar-refractivity contribution in [2.24, 2.45) is 0 Å². The second-order valence-electron chi connectivity index (χ2n) is 6.44. The van der Waals surface area contributed by atoms with Crippen molar-refractivity contribution in [3.63, 3.8) is 0 Å². The van der Waals surface area contributed by atoms with E-state index in [-0.39, 0.29) is 27.4 Å². The van der Waals surface area contributed by atoms with Crippen LogP contribution < -0.4 is 5.32 Å². The van der Waals surface area contributed by atoms with Crippen LogP contribution in [0.25, 0.3) is 0 Å². The number of benzene rings is 1. The molecule has 1 aromatic carbocycles. The maximum atomic E-state index is 13.2. The van der Waals surface area contributed by atoms with Gasteiger partial charge in [-0.3, -0.25) is 4.79 Å². The number of sulfone groups is 1. The van der Waals surface area contributed by atoms with Crippen LogP contribution >= 0.6 is 15.9 Å². The summed E-state index contributed by atoms with van der Waals surface area (Å²) in [6, 6.07) is 6.36. The van der Waals surface area contributed by atoms with Crippen molar-refractivity contribution in [2.45, 2.75) is 35.2 Å². The van der Waals surface area contributed by atoms with Gasteiger partial charge in [0.25, 0.3) is 0 Å². The first-order valence-corrected chi connectivity index (χ1v) is 12.5. The third-order valence-electron chi connectivity index (χ3n) is 4.44. The Bertz CT molecular complexity index is 1080. The van der Waals surface area contributed by atoms with E-state index >= 15 is 0 Å². The molecule has 28 heavy (non-hydrogen) atoms. The van der Waals surface area contributed by atoms with Crippen LogP contribution in [0.15, 0.2) is 55.3 Å². The summed E-state index contributed by atoms with van der Waals surface area (Å²) in [5.41, 5.74) is 0. The van der Waals surface area contributed by atoms with Gasteiger partial charge < -0.3 is 9.73 Å². The minimum atomic E-state index is -4.08. The summed E-state index contributed by atoms with van der Waals surface area (Å²) in [6.45, 7) is 0.334. The summed E-state index contributed by atoms with van der Waals surface area (Å²) >= 11 is 3.18. The smallest absolute Gasteiger partial charge is 0.244 e. The van der Waals surface area contributed by atoms with E-state index in [1.165, 1.54) is 18.4 Å². The molecule has 2 heterocycles. The number of rotatable bonds is 6. The number of nitrogens with zero attached hydrogens (tertiary/aromatic N) is 1. The number of amides is 1. The average Bonchev–Trinajstić information content (AvgIpc) is 3.30. The zero-order valence-corrected chi connectivity index (χ0v) is 18.2. The lowest BCUT2D eigenvalue weighted by Crippen LogP contribution is -2.45. The number of carbonyl (C=O) groups excluding carboxylic acids is 1. The summed E-state index contributed by atoms with van der Waals surface area (Å²) in [7, 11) is -7.66. The highest BCUT2D eigenvalue weighted by atomic mass is 79.9. The van der Waals surface area contributed by atoms with Gasteiger partial charge in [0.2, 0.25) is 15.9 Å². The van der Waals surface area contributed by atoms with Crippen molar-refractivity contribution in [1.29, 1.82) is 0 Å². The van der Waals surface area contributed by atoms with Crippen molar-refractivity contribution in [1.82, 2.24) is 9.62 Å². The molecule has 1 fully saturated rings. The van der Waals surface area contributed by atoms with E-state index < -0.39 is 31.8 Å². The molecule has 11 heteroatoms. The molecule has 8 nitrogen and oxygen atoms in total. The number of carbonyl (C=O) groups is 1. The Hall–Kier alpha value is -1.69. The number of furan rings is 1. The minimum absolute atomic E-state index is 0.104. The Balaban J connectivity index is 1.87. The topological polar surface area (TPSA) is 114 Å². The Labute approximate surface area is 172 Å². The molecule has 2 aromatic rings. The fraction of sp³-hybridized carbons (Fsp3) is 0.353. The van der Waals surface area contributed by atoms with Crippen LogP contribution in [-0.2, 0) is 31.2 Å². The summed E-state index contributed by atoms with van der Waals surface area (Å²) in [5, 5.41) is 2.68. The first kappa shape index (κ1) is 21.0. The molecule has 152 valence electrons. The fourth-order valence-corrected chi connectivity index (χ4v) is 6.36. The van der Waals surface area contributed by atoms with Gasteiger partial charge in [-0.05, 0) is 59.1 Å². The van der Waals surface area contributed by atoms with Gasteiger partial charge in [0.1, 0.15) is 11.8 Å². The van der Waals surface area contributed by atoms with Crippen LogP contribution in [0.2, 0.25) is 0 Å². The van der Waals surface area contributed by atoms with E-state index in [0.29, 0.717) is 18.6 Å². The molecular formula is C17H19BrN2O6S2. The van der Waals surface area contributed by atoms with Gasteiger partial charge in [-0.1, -0.05) is 0 Å². The van der Waals surface area contributed by atoms with Crippen LogP contribution in [0.5, 0.6) is 0 Å². The van der Waals surface area contributed by atoms with Gasteiger partial charge in [0, 0.05) is 17.3 Å². The Morgan fingerprint density at radius 2 is 2.04 bits per heavy atom. The van der Waals surface area contributed by atoms with Gasteiger partial charge in [-0.15, -0.1) is 0 Å². The molecule has 1 aromatic heterocycles. The predicted octanol–water partition coefficient (Wildman–Crippen LogP) is 1.92. The third-order valence-corrected chi connectivity index (χ3v) is 8.45. The van der Waals surface area contributed by atoms with E-state index in [1.807, 2.05) is 0 Å². The molecule has 1 unspecified atom stereocenters. The highest BCUT2D eigenvalue weighted by Gasteiger charge is 2.40. The summed E-state index contributed by atoms with van der Waals surface area (Å²) in [6.07, 6.45) is 3.40. The first-order chi connectivity index (χ1) is 13.1. The molecular weight excluding hydrogens is 472 g/mol. The molecule has 0 spiro atoms. The van der Waals surface area contributed by atoms with Crippen LogP contribution in [-0.4, -0.2) is 45.9 Å². The Kier molecular flexibility index (Phi) is 5.99. The van der Waals surface area contributed by atoms with E-state index in [9.17, 15) is 21.6 Å². The van der Waals surface area contributed by atoms with Gasteiger partial charge in [0.05, 0.1) is 22.6 Å². The number of hydrogen-bond donors (Lipinski definition) is 1. The van der Waals surface area contributed by atoms with Gasteiger partial charge in [0.15, 0.2) is 9.84 Å². The quantitative estimate of drug-likeness (QED) is 0.661. The van der Waals surface area contributed by atoms with E-state index in [1.54, 1.807) is 12.1 Å². The number of hydrogen-bond acceptors (Lipinski definition) is 6. The molecule has 0 bridgehead atoms. The van der Waals surface area contributed by atoms with Crippen molar-refractivity contribution >= 4 is 41.7 Å². The zero-order chi connectivity index (χ0) is 20.5. The zero-order valence-electron chi connectivity index (χ0n) is 15.0. The van der Waals surface area contributed by atoms with Crippen molar-refractivity contribution in [3.05, 3.63) is 46.8 Å². The molecule has 0 radical (unpaired) electrons. The molecule has 1 aliphatic heterocycles. The summed E-state index contributed by atoms with van der Waals surface area (Å²) < 4.78 is 56.5. The molecule has 1 N–H and O–H groups in total. The standard InChI is InChI=1S/C17H19BrN2O6S2/c1-27(22,23)13-6-7-14(18)16(10-13)28(24,25)20-8-2-5-15(20)17(21)19-11-12-4-3-9-26-12/h3-4,6-7,9-10,15H,2,5,8,11H2,1H3,(H,19,21). The van der Waals surface area contributed by atoms with Crippen molar-refractivity contribution in [3.8, 4) is 0 Å². The first-order valence-electron chi connectivity index (χ1n) is 8.42. The van der Waals surface area contributed by atoms with E-state index in [0.717, 1.165) is 16.6 Å². The van der Waals surface area contributed by atoms with Crippen LogP contribution in [0, 0.1) is 0 Å². The lowest BCUT2D eigenvalue weighted by molar-refractivity contribution is -0.124. The monoisotopic (exact) mass is 490 g/mol. The van der Waals surface area contributed by atoms with E-state index in [2.05, 4.69) is 21.2 Å². The minimum Gasteiger partial charge on any atom is -0.467 e. The van der Waals surface area contributed by atoms with Gasteiger partial charge >= 0.3 is 0 Å². The molecule has 3 rings (SSSR count). The lowest BCUT2D eigenvalue weighted by Gasteiger charge is -2.24. The Morgan fingerprint density at radius 3 is 2.68 bits per heavy atom. The van der Waals surface area contributed by atoms with Crippen LogP contribution in [0.4, 0.5) is 0 Å². The molecule has 1 aliphatic rings. The average molecular weight is 491 g/mol. The van der Waals surface area contributed by atoms with Crippen molar-refractivity contribution in [2.75, 3.05) is 12.8 Å². The fourth-order valence-electron chi connectivity index (χ4n) is 3.03. The maximum absolute atomic E-state index is 13.2. The van der Waals surface area contributed by atoms with Crippen LogP contribution in [0.1, 0.15) is 18.6 Å². The Morgan fingerprint density at radius 1 is 1.29 bits per heavy atom. The van der Waals surface area contributed by atoms with Gasteiger partial charge in [-0.2, -0.15) is 4.31 Å². The summed E-state index contributed by atoms with van der Waals surface area (Å²) in [5.74, 6) is 0.136. The molecule has 0 aliphatic carbocycles. The largest absolute Gasteiger partial charge is 0.467 e. The number of sulfonamides is 1. The van der Waals surface area contributed by atoms with E-state index in [4.69, 9.17) is 4.42 Å². The predicted molar refractivity (Wildman–Crippen MR) is 105 cm³/mol. The summed E-state index contributed by atoms with van der Waals surface area (Å²) in [4.78, 5) is 12.3. The highest BCUT2D eigenvalue weighted by molar-refractivity contribution is 9.10. The molecule has 1 saturated heterocycles. The normalized spacial score (nSPS) is 18.3. The lowest BCUT2D eigenvalue weighted by atomic mass is 10.2.